The Labute approximate surface area is 189 Å². The van der Waals surface area contributed by atoms with Crippen molar-refractivity contribution in [1.82, 2.24) is 14.8 Å². The third kappa shape index (κ3) is 4.02. The van der Waals surface area contributed by atoms with Crippen molar-refractivity contribution in [2.75, 3.05) is 0 Å². The van der Waals surface area contributed by atoms with E-state index >= 15 is 0 Å². The second-order valence-corrected chi connectivity index (χ2v) is 6.65. The fourth-order valence-corrected chi connectivity index (χ4v) is 3.42. The van der Waals surface area contributed by atoms with E-state index in [1.165, 1.54) is 16.5 Å². The van der Waals surface area contributed by atoms with E-state index in [0.717, 1.165) is 22.5 Å². The van der Waals surface area contributed by atoms with Crippen LogP contribution in [-0.2, 0) is 20.1 Å². The molecule has 30 heavy (non-hydrogen) atoms. The molecule has 0 saturated carbocycles. The summed E-state index contributed by atoms with van der Waals surface area (Å²) >= 11 is 0. The quantitative estimate of drug-likeness (QED) is 0.247. The first-order chi connectivity index (χ1) is 14.4. The van der Waals surface area contributed by atoms with Gasteiger partial charge in [-0.15, -0.1) is 42.0 Å². The average molecular weight is 564 g/mol. The van der Waals surface area contributed by atoms with Gasteiger partial charge in [-0.1, -0.05) is 30.4 Å². The monoisotopic (exact) mass is 564 g/mol. The van der Waals surface area contributed by atoms with Crippen molar-refractivity contribution < 1.29 is 20.1 Å². The summed E-state index contributed by atoms with van der Waals surface area (Å²) in [5, 5.41) is 5.33. The molecule has 0 saturated heterocycles. The Bertz CT molecular complexity index is 1280. The van der Waals surface area contributed by atoms with Crippen molar-refractivity contribution >= 4 is 23.1 Å². The van der Waals surface area contributed by atoms with Gasteiger partial charge in [0.05, 0.1) is 5.52 Å². The van der Waals surface area contributed by atoms with Crippen LogP contribution in [0.5, 0.6) is 0 Å². The number of hydrogen-bond acceptors (Lipinski definition) is 2. The maximum Gasteiger partial charge on any atom is 0.0607 e. The van der Waals surface area contributed by atoms with Crippen LogP contribution >= 0.6 is 0 Å². The van der Waals surface area contributed by atoms with Gasteiger partial charge in [-0.05, 0) is 34.6 Å². The van der Waals surface area contributed by atoms with E-state index < -0.39 is 0 Å². The van der Waals surface area contributed by atoms with Crippen LogP contribution < -0.4 is 0 Å². The van der Waals surface area contributed by atoms with Crippen molar-refractivity contribution in [3.05, 3.63) is 115 Å². The minimum absolute atomic E-state index is 0. The zero-order chi connectivity index (χ0) is 19.5. The Morgan fingerprint density at radius 3 is 2.33 bits per heavy atom. The van der Waals surface area contributed by atoms with Gasteiger partial charge in [0, 0.05) is 37.9 Å². The van der Waals surface area contributed by atoms with Crippen molar-refractivity contribution in [3.63, 3.8) is 0 Å². The van der Waals surface area contributed by atoms with E-state index in [4.69, 9.17) is 4.98 Å². The van der Waals surface area contributed by atoms with Crippen LogP contribution in [0.1, 0.15) is 11.1 Å². The maximum absolute atomic E-state index is 4.74. The number of hydrogen-bond donors (Lipinski definition) is 0. The summed E-state index contributed by atoms with van der Waals surface area (Å²) in [6, 6.07) is 32.3. The van der Waals surface area contributed by atoms with Crippen molar-refractivity contribution in [1.29, 1.82) is 0 Å². The molecule has 2 aromatic heterocycles. The fourth-order valence-electron chi connectivity index (χ4n) is 3.42. The third-order valence-corrected chi connectivity index (χ3v) is 4.77. The van der Waals surface area contributed by atoms with E-state index in [0.29, 0.717) is 0 Å². The van der Waals surface area contributed by atoms with Crippen LogP contribution in [-0.4, -0.2) is 14.8 Å². The summed E-state index contributed by atoms with van der Waals surface area (Å²) in [5.41, 5.74) is 6.57. The molecule has 4 heteroatoms. The van der Waals surface area contributed by atoms with E-state index in [-0.39, 0.29) is 20.1 Å². The summed E-state index contributed by atoms with van der Waals surface area (Å²) < 4.78 is 1.78. The third-order valence-electron chi connectivity index (χ3n) is 4.77. The number of benzene rings is 3. The Hall–Kier alpha value is -3.33. The van der Waals surface area contributed by atoms with Crippen LogP contribution in [0.2, 0.25) is 0 Å². The van der Waals surface area contributed by atoms with Gasteiger partial charge in [0.15, 0.2) is 0 Å². The summed E-state index contributed by atoms with van der Waals surface area (Å²) in [4.78, 5) is 4.74. The molecule has 1 radical (unpaired) electrons. The Morgan fingerprint density at radius 1 is 0.767 bits per heavy atom. The first-order valence-corrected chi connectivity index (χ1v) is 9.44. The Morgan fingerprint density at radius 2 is 1.60 bits per heavy atom. The number of rotatable bonds is 2. The number of para-hydroxylation sites is 1. The number of nitrogens with zero attached hydrogens (tertiary/aromatic N) is 3. The molecule has 0 aliphatic heterocycles. The molecule has 1 aliphatic rings. The molecule has 3 nitrogen and oxygen atoms in total. The fraction of sp³-hybridized carbons (Fsp3) is 0. The van der Waals surface area contributed by atoms with Gasteiger partial charge in [-0.25, -0.2) is 0 Å². The number of pyridine rings is 1. The molecule has 2 heterocycles. The summed E-state index contributed by atoms with van der Waals surface area (Å²) in [5.74, 6) is 0. The molecule has 0 spiro atoms. The molecule has 1 aliphatic carbocycles. The molecule has 0 fully saturated rings. The molecule has 6 rings (SSSR count). The zero-order valence-corrected chi connectivity index (χ0v) is 18.4. The van der Waals surface area contributed by atoms with Gasteiger partial charge in [0.2, 0.25) is 0 Å². The second-order valence-electron chi connectivity index (χ2n) is 6.65. The molecule has 0 atom stereocenters. The summed E-state index contributed by atoms with van der Waals surface area (Å²) in [6.45, 7) is 0. The van der Waals surface area contributed by atoms with E-state index in [1.807, 2.05) is 60.8 Å². The second kappa shape index (κ2) is 9.00. The smallest absolute Gasteiger partial charge is 0.0607 e. The van der Waals surface area contributed by atoms with Crippen molar-refractivity contribution in [2.45, 2.75) is 0 Å². The Kier molecular flexibility index (Phi) is 5.99. The molecule has 3 aromatic carbocycles. The molecule has 0 N–H and O–H groups in total. The minimum Gasteiger partial charge on any atom is -0.296 e. The summed E-state index contributed by atoms with van der Waals surface area (Å²) in [6.07, 6.45) is 7.95. The largest absolute Gasteiger partial charge is 0.296 e. The predicted molar refractivity (Wildman–Crippen MR) is 117 cm³/mol. The molecule has 0 amide bonds. The van der Waals surface area contributed by atoms with Crippen LogP contribution in [0.25, 0.3) is 40.0 Å². The number of aromatic nitrogens is 3. The van der Waals surface area contributed by atoms with E-state index in [1.54, 1.807) is 10.9 Å². The average Bonchev–Trinajstić information content (AvgIpc) is 3.47. The van der Waals surface area contributed by atoms with Gasteiger partial charge >= 0.3 is 0 Å². The Balaban J connectivity index is 0.000000157. The van der Waals surface area contributed by atoms with Crippen LogP contribution in [0, 0.1) is 12.1 Å². The molecular weight excluding hydrogens is 547 g/mol. The first kappa shape index (κ1) is 20.0. The van der Waals surface area contributed by atoms with E-state index in [2.05, 4.69) is 53.6 Å². The van der Waals surface area contributed by atoms with Gasteiger partial charge < -0.3 is 0 Å². The maximum atomic E-state index is 4.74. The van der Waals surface area contributed by atoms with Crippen molar-refractivity contribution in [2.24, 2.45) is 0 Å². The molecule has 5 aromatic rings. The van der Waals surface area contributed by atoms with Crippen LogP contribution in [0.4, 0.5) is 0 Å². The van der Waals surface area contributed by atoms with Gasteiger partial charge in [-0.3, -0.25) is 9.67 Å². The first-order valence-electron chi connectivity index (χ1n) is 9.44. The zero-order valence-electron chi connectivity index (χ0n) is 16.0. The van der Waals surface area contributed by atoms with Gasteiger partial charge in [-0.2, -0.15) is 29.4 Å². The SMILES string of the molecule is [Ir].[c-]1ccccc1-c1cc2c3c(cccc3n1)C=C2.[c-]1ccccc1-n1cccn1. The molecule has 147 valence electrons. The van der Waals surface area contributed by atoms with Crippen LogP contribution in [0.3, 0.4) is 0 Å². The van der Waals surface area contributed by atoms with Gasteiger partial charge in [0.25, 0.3) is 0 Å². The topological polar surface area (TPSA) is 30.7 Å². The summed E-state index contributed by atoms with van der Waals surface area (Å²) in [7, 11) is 0. The van der Waals surface area contributed by atoms with E-state index in [9.17, 15) is 0 Å². The predicted octanol–water partition coefficient (Wildman–Crippen LogP) is 5.86. The molecule has 0 bridgehead atoms. The van der Waals surface area contributed by atoms with Gasteiger partial charge in [0.1, 0.15) is 0 Å². The normalized spacial score (nSPS) is 10.9. The van der Waals surface area contributed by atoms with Crippen LogP contribution in [0.15, 0.2) is 91.3 Å². The molecule has 0 unspecified atom stereocenters. The molecular formula is C26H17IrN3-2. The minimum atomic E-state index is 0. The van der Waals surface area contributed by atoms with Crippen molar-refractivity contribution in [3.8, 4) is 16.9 Å². The standard InChI is InChI=1S/C17H10N.C9H7N2.Ir/c1-2-5-12(6-3-1)16-11-14-10-9-13-7-4-8-15(18-16)17(13)14;1-2-5-9(6-3-1)11-8-4-7-10-11;/h1-5,7-11H;1-5,7-8H;/q2*-1;.